The van der Waals surface area contributed by atoms with E-state index in [1.165, 1.54) is 6.20 Å². The third-order valence-electron chi connectivity index (χ3n) is 6.89. The van der Waals surface area contributed by atoms with E-state index in [9.17, 15) is 15.2 Å². The van der Waals surface area contributed by atoms with E-state index in [0.29, 0.717) is 41.0 Å². The Balaban J connectivity index is 1.33. The molecular formula is C29H30N6O3. The molecule has 5 rings (SSSR count). The van der Waals surface area contributed by atoms with Crippen LogP contribution in [0.1, 0.15) is 43.2 Å². The zero-order chi connectivity index (χ0) is 26.5. The molecule has 1 aliphatic carbocycles. The third-order valence-corrected chi connectivity index (χ3v) is 6.89. The van der Waals surface area contributed by atoms with Gasteiger partial charge in [-0.1, -0.05) is 37.5 Å². The number of carbonyl (C=O) groups excluding carboxylic acids is 1. The van der Waals surface area contributed by atoms with Crippen molar-refractivity contribution in [3.63, 3.8) is 0 Å². The van der Waals surface area contributed by atoms with E-state index in [2.05, 4.69) is 27.1 Å². The van der Waals surface area contributed by atoms with E-state index < -0.39 is 11.6 Å². The van der Waals surface area contributed by atoms with Gasteiger partial charge in [-0.05, 0) is 56.2 Å². The highest BCUT2D eigenvalue weighted by Crippen LogP contribution is 2.33. The zero-order valence-corrected chi connectivity index (χ0v) is 21.2. The molecule has 0 spiro atoms. The summed E-state index contributed by atoms with van der Waals surface area (Å²) in [6, 6.07) is 18.8. The van der Waals surface area contributed by atoms with Crippen LogP contribution in [0.2, 0.25) is 0 Å². The average molecular weight is 511 g/mol. The first-order chi connectivity index (χ1) is 18.4. The van der Waals surface area contributed by atoms with Crippen LogP contribution in [-0.4, -0.2) is 32.9 Å². The summed E-state index contributed by atoms with van der Waals surface area (Å²) in [5.41, 5.74) is 2.88. The van der Waals surface area contributed by atoms with E-state index in [4.69, 9.17) is 4.74 Å². The first-order valence-corrected chi connectivity index (χ1v) is 12.7. The molecule has 194 valence electrons. The molecule has 0 radical (unpaired) electrons. The van der Waals surface area contributed by atoms with E-state index in [1.54, 1.807) is 10.7 Å². The summed E-state index contributed by atoms with van der Waals surface area (Å²) in [7, 11) is 0. The van der Waals surface area contributed by atoms with E-state index in [1.807, 2.05) is 61.5 Å². The predicted octanol–water partition coefficient (Wildman–Crippen LogP) is 5.87. The molecule has 2 amide bonds. The van der Waals surface area contributed by atoms with Gasteiger partial charge in [-0.2, -0.15) is 10.4 Å². The fourth-order valence-corrected chi connectivity index (χ4v) is 4.80. The van der Waals surface area contributed by atoms with Crippen molar-refractivity contribution < 1.29 is 14.6 Å². The predicted molar refractivity (Wildman–Crippen MR) is 146 cm³/mol. The number of benzene rings is 2. The van der Waals surface area contributed by atoms with Gasteiger partial charge in [-0.25, -0.2) is 9.31 Å². The van der Waals surface area contributed by atoms with Crippen LogP contribution in [0.4, 0.5) is 21.9 Å². The first kappa shape index (κ1) is 25.1. The number of anilines is 3. The van der Waals surface area contributed by atoms with Gasteiger partial charge in [0, 0.05) is 17.8 Å². The molecule has 9 heteroatoms. The summed E-state index contributed by atoms with van der Waals surface area (Å²) in [4.78, 5) is 12.6. The number of rotatable bonds is 7. The summed E-state index contributed by atoms with van der Waals surface area (Å²) in [6.45, 7) is 2.07. The highest BCUT2D eigenvalue weighted by atomic mass is 16.5. The number of aliphatic hydroxyl groups is 1. The number of amides is 2. The van der Waals surface area contributed by atoms with Crippen molar-refractivity contribution in [1.82, 2.24) is 14.9 Å². The molecule has 0 atom stereocenters. The Morgan fingerprint density at radius 2 is 1.82 bits per heavy atom. The molecule has 0 saturated heterocycles. The number of ether oxygens (including phenoxy) is 1. The van der Waals surface area contributed by atoms with Crippen molar-refractivity contribution in [3.05, 3.63) is 78.1 Å². The number of hydrogen-bond donors (Lipinski definition) is 4. The lowest BCUT2D eigenvalue weighted by Crippen LogP contribution is -2.45. The zero-order valence-electron chi connectivity index (χ0n) is 21.2. The van der Waals surface area contributed by atoms with Gasteiger partial charge in [0.1, 0.15) is 17.6 Å². The second-order valence-electron chi connectivity index (χ2n) is 9.66. The largest absolute Gasteiger partial charge is 0.457 e. The summed E-state index contributed by atoms with van der Waals surface area (Å²) < 4.78 is 7.50. The maximum absolute atomic E-state index is 12.6. The Morgan fingerprint density at radius 3 is 2.53 bits per heavy atom. The quantitative estimate of drug-likeness (QED) is 0.247. The normalized spacial score (nSPS) is 14.4. The number of aromatic nitrogens is 2. The van der Waals surface area contributed by atoms with Crippen LogP contribution < -0.4 is 20.7 Å². The van der Waals surface area contributed by atoms with Gasteiger partial charge in [0.05, 0.1) is 40.4 Å². The van der Waals surface area contributed by atoms with Crippen molar-refractivity contribution in [2.45, 2.75) is 44.6 Å². The molecule has 4 N–H and O–H groups in total. The number of fused-ring (bicyclic) bond motifs is 1. The SMILES string of the molecule is Cc1c(NC(=O)NCC2(O)CCCCC2)cn2ncc(C#N)c(Nc3ccc(Oc4ccccc4)cc3)c12. The van der Waals surface area contributed by atoms with Crippen LogP contribution in [0.5, 0.6) is 11.5 Å². The topological polar surface area (TPSA) is 124 Å². The smallest absolute Gasteiger partial charge is 0.319 e. The number of nitrogens with zero attached hydrogens (tertiary/aromatic N) is 3. The molecule has 2 aromatic heterocycles. The highest BCUT2D eigenvalue weighted by Gasteiger charge is 2.29. The van der Waals surface area contributed by atoms with Crippen LogP contribution in [0, 0.1) is 18.3 Å². The van der Waals surface area contributed by atoms with Gasteiger partial charge in [0.25, 0.3) is 0 Å². The minimum Gasteiger partial charge on any atom is -0.457 e. The van der Waals surface area contributed by atoms with Gasteiger partial charge in [-0.3, -0.25) is 0 Å². The molecule has 2 aromatic carbocycles. The summed E-state index contributed by atoms with van der Waals surface area (Å²) in [6.07, 6.45) is 7.64. The molecular weight excluding hydrogens is 480 g/mol. The lowest BCUT2D eigenvalue weighted by Gasteiger charge is -2.32. The summed E-state index contributed by atoms with van der Waals surface area (Å²) >= 11 is 0. The second-order valence-corrected chi connectivity index (χ2v) is 9.66. The van der Waals surface area contributed by atoms with Gasteiger partial charge in [0.2, 0.25) is 0 Å². The Hall–Kier alpha value is -4.55. The molecule has 1 saturated carbocycles. The van der Waals surface area contributed by atoms with E-state index in [-0.39, 0.29) is 6.54 Å². The Bertz CT molecular complexity index is 1470. The fraction of sp³-hybridized carbons (Fsp3) is 0.276. The molecule has 0 unspecified atom stereocenters. The number of aryl methyl sites for hydroxylation is 1. The third kappa shape index (κ3) is 5.56. The van der Waals surface area contributed by atoms with Crippen LogP contribution in [-0.2, 0) is 0 Å². The van der Waals surface area contributed by atoms with Crippen molar-refractivity contribution in [2.24, 2.45) is 0 Å². The van der Waals surface area contributed by atoms with Crippen molar-refractivity contribution in [3.8, 4) is 17.6 Å². The van der Waals surface area contributed by atoms with Crippen molar-refractivity contribution in [2.75, 3.05) is 17.2 Å². The van der Waals surface area contributed by atoms with Gasteiger partial charge < -0.3 is 25.8 Å². The van der Waals surface area contributed by atoms with Gasteiger partial charge >= 0.3 is 6.03 Å². The van der Waals surface area contributed by atoms with Crippen molar-refractivity contribution >= 4 is 28.6 Å². The standard InChI is InChI=1S/C29H30N6O3/c1-20-25(34-28(36)31-19-29(37)14-6-3-7-15-29)18-35-27(20)26(21(16-30)17-32-35)33-22-10-12-24(13-11-22)38-23-8-4-2-5-9-23/h2,4-5,8-13,17-18,33,37H,3,6-7,14-15,19H2,1H3,(H2,31,34,36). The number of urea groups is 1. The van der Waals surface area contributed by atoms with Crippen LogP contribution in [0.15, 0.2) is 67.0 Å². The first-order valence-electron chi connectivity index (χ1n) is 12.7. The number of nitriles is 1. The lowest BCUT2D eigenvalue weighted by atomic mass is 9.85. The molecule has 2 heterocycles. The van der Waals surface area contributed by atoms with Gasteiger partial charge in [-0.15, -0.1) is 0 Å². The summed E-state index contributed by atoms with van der Waals surface area (Å²) in [5.74, 6) is 1.44. The van der Waals surface area contributed by atoms with Crippen LogP contribution >= 0.6 is 0 Å². The molecule has 0 bridgehead atoms. The number of carbonyl (C=O) groups is 1. The maximum Gasteiger partial charge on any atom is 0.319 e. The fourth-order valence-electron chi connectivity index (χ4n) is 4.80. The molecule has 1 aliphatic rings. The number of hydrogen-bond acceptors (Lipinski definition) is 6. The van der Waals surface area contributed by atoms with Crippen LogP contribution in [0.3, 0.4) is 0 Å². The molecule has 38 heavy (non-hydrogen) atoms. The molecule has 4 aromatic rings. The van der Waals surface area contributed by atoms with Crippen molar-refractivity contribution in [1.29, 1.82) is 5.26 Å². The summed E-state index contributed by atoms with van der Waals surface area (Å²) in [5, 5.41) is 33.8. The lowest BCUT2D eigenvalue weighted by molar-refractivity contribution is 0.00755. The van der Waals surface area contributed by atoms with Crippen LogP contribution in [0.25, 0.3) is 5.52 Å². The monoisotopic (exact) mass is 510 g/mol. The molecule has 0 aliphatic heterocycles. The minimum absolute atomic E-state index is 0.207. The Labute approximate surface area is 221 Å². The number of para-hydroxylation sites is 1. The molecule has 1 fully saturated rings. The van der Waals surface area contributed by atoms with E-state index in [0.717, 1.165) is 36.3 Å². The van der Waals surface area contributed by atoms with Gasteiger partial charge in [0.15, 0.2) is 0 Å². The Kier molecular flexibility index (Phi) is 7.15. The second kappa shape index (κ2) is 10.8. The minimum atomic E-state index is -0.849. The number of nitrogens with one attached hydrogen (secondary N) is 3. The Morgan fingerprint density at radius 1 is 1.11 bits per heavy atom. The highest BCUT2D eigenvalue weighted by molar-refractivity contribution is 5.95. The molecule has 9 nitrogen and oxygen atoms in total. The van der Waals surface area contributed by atoms with E-state index >= 15 is 0 Å². The average Bonchev–Trinajstić information content (AvgIpc) is 3.25. The maximum atomic E-state index is 12.6.